The minimum absolute atomic E-state index is 0.0363. The lowest BCUT2D eigenvalue weighted by Gasteiger charge is -2.09. The summed E-state index contributed by atoms with van der Waals surface area (Å²) in [5.41, 5.74) is 1.59. The number of non-ortho nitro benzene ring substituents is 1. The second-order valence-corrected chi connectivity index (χ2v) is 4.99. The highest BCUT2D eigenvalue weighted by molar-refractivity contribution is 6.33. The number of nitro benzene ring substituents is 1. The lowest BCUT2D eigenvalue weighted by atomic mass is 10.1. The Morgan fingerprint density at radius 2 is 1.90 bits per heavy atom. The summed E-state index contributed by atoms with van der Waals surface area (Å²) in [4.78, 5) is 22.3. The first-order valence-corrected chi connectivity index (χ1v) is 6.49. The van der Waals surface area contributed by atoms with Gasteiger partial charge in [-0.25, -0.2) is 4.79 Å². The van der Waals surface area contributed by atoms with E-state index in [-0.39, 0.29) is 16.3 Å². The number of benzene rings is 2. The van der Waals surface area contributed by atoms with Gasteiger partial charge in [-0.3, -0.25) is 10.1 Å². The molecule has 21 heavy (non-hydrogen) atoms. The number of nitro groups is 1. The Balaban J connectivity index is 2.32. The standard InChI is InChI=1S/C15H12ClNO4/c1-9-3-6-14(10(2)7-9)21-15(18)12-8-11(17(19)20)4-5-13(12)16/h3-8H,1-2H3. The molecule has 5 nitrogen and oxygen atoms in total. The molecule has 0 aliphatic carbocycles. The highest BCUT2D eigenvalue weighted by Gasteiger charge is 2.18. The molecule has 0 saturated carbocycles. The molecule has 2 aromatic carbocycles. The van der Waals surface area contributed by atoms with Gasteiger partial charge in [-0.15, -0.1) is 0 Å². The van der Waals surface area contributed by atoms with Crippen LogP contribution < -0.4 is 4.74 Å². The fourth-order valence-electron chi connectivity index (χ4n) is 1.85. The van der Waals surface area contributed by atoms with E-state index in [1.807, 2.05) is 26.0 Å². The number of esters is 1. The third-order valence-corrected chi connectivity index (χ3v) is 3.24. The third kappa shape index (κ3) is 3.38. The van der Waals surface area contributed by atoms with E-state index in [1.165, 1.54) is 12.1 Å². The van der Waals surface area contributed by atoms with Crippen LogP contribution >= 0.6 is 11.6 Å². The molecule has 0 heterocycles. The fourth-order valence-corrected chi connectivity index (χ4v) is 2.05. The van der Waals surface area contributed by atoms with Crippen LogP contribution in [0.25, 0.3) is 0 Å². The van der Waals surface area contributed by atoms with Crippen LogP contribution in [0.15, 0.2) is 36.4 Å². The van der Waals surface area contributed by atoms with E-state index in [0.717, 1.165) is 17.2 Å². The van der Waals surface area contributed by atoms with Crippen molar-refractivity contribution in [2.24, 2.45) is 0 Å². The summed E-state index contributed by atoms with van der Waals surface area (Å²) in [6, 6.07) is 9.00. The maximum absolute atomic E-state index is 12.1. The van der Waals surface area contributed by atoms with Gasteiger partial charge in [0.15, 0.2) is 0 Å². The molecule has 0 unspecified atom stereocenters. The number of carbonyl (C=O) groups is 1. The van der Waals surface area contributed by atoms with E-state index in [2.05, 4.69) is 0 Å². The van der Waals surface area contributed by atoms with Gasteiger partial charge in [0.1, 0.15) is 5.75 Å². The molecule has 0 saturated heterocycles. The predicted molar refractivity (Wildman–Crippen MR) is 79.0 cm³/mol. The lowest BCUT2D eigenvalue weighted by Crippen LogP contribution is -2.10. The molecule has 0 bridgehead atoms. The molecule has 2 rings (SSSR count). The Morgan fingerprint density at radius 3 is 2.52 bits per heavy atom. The highest BCUT2D eigenvalue weighted by Crippen LogP contribution is 2.25. The van der Waals surface area contributed by atoms with Gasteiger partial charge in [0.2, 0.25) is 0 Å². The summed E-state index contributed by atoms with van der Waals surface area (Å²) in [5.74, 6) is -0.330. The number of ether oxygens (including phenoxy) is 1. The van der Waals surface area contributed by atoms with Gasteiger partial charge >= 0.3 is 5.97 Å². The molecule has 6 heteroatoms. The molecule has 0 aliphatic rings. The van der Waals surface area contributed by atoms with Gasteiger partial charge in [0.25, 0.3) is 5.69 Å². The average Bonchev–Trinajstić information content (AvgIpc) is 2.42. The van der Waals surface area contributed by atoms with Crippen LogP contribution in [0, 0.1) is 24.0 Å². The Morgan fingerprint density at radius 1 is 1.19 bits per heavy atom. The summed E-state index contributed by atoms with van der Waals surface area (Å²) >= 11 is 5.90. The smallest absolute Gasteiger partial charge is 0.345 e. The van der Waals surface area contributed by atoms with Crippen molar-refractivity contribution in [1.29, 1.82) is 0 Å². The lowest BCUT2D eigenvalue weighted by molar-refractivity contribution is -0.384. The molecule has 0 spiro atoms. The van der Waals surface area contributed by atoms with Crippen LogP contribution in [0.4, 0.5) is 5.69 Å². The molecular formula is C15H12ClNO4. The average molecular weight is 306 g/mol. The summed E-state index contributed by atoms with van der Waals surface area (Å²) in [7, 11) is 0. The van der Waals surface area contributed by atoms with Crippen molar-refractivity contribution in [2.75, 3.05) is 0 Å². The van der Waals surface area contributed by atoms with E-state index in [4.69, 9.17) is 16.3 Å². The summed E-state index contributed by atoms with van der Waals surface area (Å²) in [6.45, 7) is 3.74. The predicted octanol–water partition coefficient (Wildman–Crippen LogP) is 4.08. The quantitative estimate of drug-likeness (QED) is 0.371. The van der Waals surface area contributed by atoms with Gasteiger partial charge < -0.3 is 4.74 Å². The maximum Gasteiger partial charge on any atom is 0.345 e. The SMILES string of the molecule is Cc1ccc(OC(=O)c2cc([N+](=O)[O-])ccc2Cl)c(C)c1. The Bertz CT molecular complexity index is 728. The number of halogens is 1. The normalized spacial score (nSPS) is 10.2. The number of nitrogens with zero attached hydrogens (tertiary/aromatic N) is 1. The number of carbonyl (C=O) groups excluding carboxylic acids is 1. The van der Waals surface area contributed by atoms with Crippen LogP contribution in [0.5, 0.6) is 5.75 Å². The van der Waals surface area contributed by atoms with E-state index in [1.54, 1.807) is 6.07 Å². The van der Waals surface area contributed by atoms with Gasteiger partial charge in [0, 0.05) is 12.1 Å². The Hall–Kier alpha value is -2.40. The number of rotatable bonds is 3. The second-order valence-electron chi connectivity index (χ2n) is 4.58. The molecule has 0 aromatic heterocycles. The monoisotopic (exact) mass is 305 g/mol. The molecule has 0 aliphatic heterocycles. The zero-order valence-corrected chi connectivity index (χ0v) is 12.2. The molecule has 0 radical (unpaired) electrons. The third-order valence-electron chi connectivity index (χ3n) is 2.91. The van der Waals surface area contributed by atoms with Gasteiger partial charge in [0.05, 0.1) is 15.5 Å². The first kappa shape index (κ1) is 15.0. The first-order valence-electron chi connectivity index (χ1n) is 6.12. The van der Waals surface area contributed by atoms with Crippen LogP contribution in [0.1, 0.15) is 21.5 Å². The first-order chi connectivity index (χ1) is 9.88. The van der Waals surface area contributed by atoms with Gasteiger partial charge in [-0.1, -0.05) is 29.3 Å². The zero-order chi connectivity index (χ0) is 15.6. The second kappa shape index (κ2) is 5.93. The minimum Gasteiger partial charge on any atom is -0.423 e. The van der Waals surface area contributed by atoms with Crippen LogP contribution in [0.3, 0.4) is 0 Å². The van der Waals surface area contributed by atoms with Crippen molar-refractivity contribution in [3.63, 3.8) is 0 Å². The van der Waals surface area contributed by atoms with E-state index in [0.29, 0.717) is 5.75 Å². The van der Waals surface area contributed by atoms with Gasteiger partial charge in [-0.05, 0) is 31.5 Å². The highest BCUT2D eigenvalue weighted by atomic mass is 35.5. The largest absolute Gasteiger partial charge is 0.423 e. The molecular weight excluding hydrogens is 294 g/mol. The maximum atomic E-state index is 12.1. The van der Waals surface area contributed by atoms with Crippen molar-refractivity contribution in [3.05, 3.63) is 68.2 Å². The van der Waals surface area contributed by atoms with Crippen molar-refractivity contribution < 1.29 is 14.5 Å². The van der Waals surface area contributed by atoms with Gasteiger partial charge in [-0.2, -0.15) is 0 Å². The summed E-state index contributed by atoms with van der Waals surface area (Å²) in [6.07, 6.45) is 0. The fraction of sp³-hybridized carbons (Fsp3) is 0.133. The molecule has 0 amide bonds. The van der Waals surface area contributed by atoms with Crippen LogP contribution in [-0.4, -0.2) is 10.9 Å². The van der Waals surface area contributed by atoms with Crippen molar-refractivity contribution in [1.82, 2.24) is 0 Å². The van der Waals surface area contributed by atoms with Crippen LogP contribution in [-0.2, 0) is 0 Å². The van der Waals surface area contributed by atoms with Crippen molar-refractivity contribution in [2.45, 2.75) is 13.8 Å². The van der Waals surface area contributed by atoms with E-state index >= 15 is 0 Å². The minimum atomic E-state index is -0.726. The number of hydrogen-bond donors (Lipinski definition) is 0. The van der Waals surface area contributed by atoms with Crippen molar-refractivity contribution >= 4 is 23.3 Å². The molecule has 0 N–H and O–H groups in total. The zero-order valence-electron chi connectivity index (χ0n) is 11.4. The molecule has 108 valence electrons. The van der Waals surface area contributed by atoms with Crippen LogP contribution in [0.2, 0.25) is 5.02 Å². The topological polar surface area (TPSA) is 69.4 Å². The number of hydrogen-bond acceptors (Lipinski definition) is 4. The van der Waals surface area contributed by atoms with E-state index < -0.39 is 10.9 Å². The Kier molecular flexibility index (Phi) is 4.23. The summed E-state index contributed by atoms with van der Waals surface area (Å²) < 4.78 is 5.26. The molecule has 2 aromatic rings. The Labute approximate surface area is 126 Å². The van der Waals surface area contributed by atoms with Crippen molar-refractivity contribution in [3.8, 4) is 5.75 Å². The number of aryl methyl sites for hydroxylation is 2. The van der Waals surface area contributed by atoms with E-state index in [9.17, 15) is 14.9 Å². The molecule has 0 atom stereocenters. The summed E-state index contributed by atoms with van der Waals surface area (Å²) in [5, 5.41) is 10.9. The molecule has 0 fully saturated rings.